The third kappa shape index (κ3) is 34.0. The normalized spacial score (nSPS) is 11.9. The lowest BCUT2D eigenvalue weighted by Gasteiger charge is -2.13. The standard InChI is InChI=1S/C54H94O7S/c1-3-5-7-9-11-13-15-17-19-21-23-25-27-29-31-33-35-37-39-41-43-48-60-53(55)50-46-45-47-51(62(57,58)59)52(50)54(56)61-49-44-42-40-38-36-34-32-30-28-26-24-22-20-18-16-14-12-10-8-6-4-2/h5-8,45-47H,3-4,9-44,48-49H2,1-2H3,(H,57,58,59)/b7-5+,8-6+. The number of hydrogen-bond donors (Lipinski definition) is 1. The van der Waals surface area contributed by atoms with Crippen molar-refractivity contribution in [1.29, 1.82) is 0 Å². The van der Waals surface area contributed by atoms with Crippen LogP contribution in [0.2, 0.25) is 0 Å². The number of hydrogen-bond acceptors (Lipinski definition) is 6. The molecular weight excluding hydrogens is 793 g/mol. The Morgan fingerprint density at radius 1 is 0.435 bits per heavy atom. The second kappa shape index (κ2) is 42.5. The fourth-order valence-electron chi connectivity index (χ4n) is 8.21. The summed E-state index contributed by atoms with van der Waals surface area (Å²) in [5, 5.41) is 0. The highest BCUT2D eigenvalue weighted by Gasteiger charge is 2.28. The summed E-state index contributed by atoms with van der Waals surface area (Å²) in [6.45, 7) is 4.67. The highest BCUT2D eigenvalue weighted by atomic mass is 32.2. The number of esters is 2. The first-order valence-corrected chi connectivity index (χ1v) is 27.5. The average Bonchev–Trinajstić information content (AvgIpc) is 3.26. The molecule has 0 amide bonds. The van der Waals surface area contributed by atoms with Gasteiger partial charge in [-0.05, 0) is 63.5 Å². The second-order valence-electron chi connectivity index (χ2n) is 17.8. The first-order valence-electron chi connectivity index (χ1n) is 26.1. The fourth-order valence-corrected chi connectivity index (χ4v) is 8.91. The zero-order valence-corrected chi connectivity index (χ0v) is 40.9. The summed E-state index contributed by atoms with van der Waals surface area (Å²) < 4.78 is 45.0. The quantitative estimate of drug-likeness (QED) is 0.0301. The van der Waals surface area contributed by atoms with Gasteiger partial charge in [-0.25, -0.2) is 9.59 Å². The lowest BCUT2D eigenvalue weighted by molar-refractivity contribution is 0.0446. The summed E-state index contributed by atoms with van der Waals surface area (Å²) in [5.74, 6) is -1.73. The van der Waals surface area contributed by atoms with Crippen molar-refractivity contribution < 1.29 is 32.0 Å². The molecule has 0 radical (unpaired) electrons. The van der Waals surface area contributed by atoms with Gasteiger partial charge in [-0.2, -0.15) is 8.42 Å². The monoisotopic (exact) mass is 887 g/mol. The van der Waals surface area contributed by atoms with E-state index in [9.17, 15) is 22.6 Å². The molecule has 0 spiro atoms. The highest BCUT2D eigenvalue weighted by Crippen LogP contribution is 2.23. The number of ether oxygens (including phenoxy) is 2. The van der Waals surface area contributed by atoms with Crippen LogP contribution in [0.4, 0.5) is 0 Å². The number of rotatable bonds is 45. The van der Waals surface area contributed by atoms with Crippen molar-refractivity contribution in [1.82, 2.24) is 0 Å². The van der Waals surface area contributed by atoms with Crippen LogP contribution in [0.5, 0.6) is 0 Å². The number of unbranched alkanes of at least 4 members (excludes halogenated alkanes) is 34. The van der Waals surface area contributed by atoms with Gasteiger partial charge in [-0.1, -0.05) is 237 Å². The van der Waals surface area contributed by atoms with Crippen LogP contribution in [0, 0.1) is 0 Å². The Balaban J connectivity index is 2.12. The van der Waals surface area contributed by atoms with Crippen LogP contribution < -0.4 is 0 Å². The van der Waals surface area contributed by atoms with Crippen molar-refractivity contribution >= 4 is 22.1 Å². The van der Waals surface area contributed by atoms with E-state index in [1.807, 2.05) is 0 Å². The molecule has 1 aromatic carbocycles. The largest absolute Gasteiger partial charge is 0.462 e. The maximum absolute atomic E-state index is 13.1. The first-order chi connectivity index (χ1) is 30.3. The lowest BCUT2D eigenvalue weighted by Crippen LogP contribution is -2.19. The third-order valence-electron chi connectivity index (χ3n) is 12.0. The van der Waals surface area contributed by atoms with Crippen LogP contribution in [0.15, 0.2) is 47.4 Å². The minimum Gasteiger partial charge on any atom is -0.462 e. The van der Waals surface area contributed by atoms with Crippen molar-refractivity contribution in [2.24, 2.45) is 0 Å². The van der Waals surface area contributed by atoms with Crippen LogP contribution in [0.25, 0.3) is 0 Å². The molecule has 0 unspecified atom stereocenters. The van der Waals surface area contributed by atoms with Gasteiger partial charge < -0.3 is 9.47 Å². The van der Waals surface area contributed by atoms with E-state index in [-0.39, 0.29) is 18.8 Å². The van der Waals surface area contributed by atoms with Crippen molar-refractivity contribution in [2.75, 3.05) is 13.2 Å². The van der Waals surface area contributed by atoms with E-state index in [1.54, 1.807) is 0 Å². The van der Waals surface area contributed by atoms with Crippen LogP contribution >= 0.6 is 0 Å². The van der Waals surface area contributed by atoms with Gasteiger partial charge in [0.25, 0.3) is 10.1 Å². The molecule has 0 bridgehead atoms. The minimum absolute atomic E-state index is 0.113. The zero-order chi connectivity index (χ0) is 45.0. The molecule has 0 heterocycles. The number of allylic oxidation sites excluding steroid dienone is 4. The Hall–Kier alpha value is -2.45. The summed E-state index contributed by atoms with van der Waals surface area (Å²) >= 11 is 0. The maximum atomic E-state index is 13.1. The summed E-state index contributed by atoms with van der Waals surface area (Å²) in [7, 11) is -4.77. The molecular formula is C54H94O7S. The predicted molar refractivity (Wildman–Crippen MR) is 262 cm³/mol. The van der Waals surface area contributed by atoms with E-state index in [4.69, 9.17) is 9.47 Å². The predicted octanol–water partition coefficient (Wildman–Crippen LogP) is 17.2. The maximum Gasteiger partial charge on any atom is 0.340 e. The Labute approximate surface area is 382 Å². The molecule has 0 aliphatic heterocycles. The molecule has 7 nitrogen and oxygen atoms in total. The molecule has 0 saturated heterocycles. The van der Waals surface area contributed by atoms with Crippen LogP contribution in [0.3, 0.4) is 0 Å². The number of benzene rings is 1. The Morgan fingerprint density at radius 2 is 0.726 bits per heavy atom. The molecule has 0 fully saturated rings. The molecule has 1 aromatic rings. The summed E-state index contributed by atoms with van der Waals surface area (Å²) in [6.07, 6.45) is 56.4. The van der Waals surface area contributed by atoms with E-state index in [2.05, 4.69) is 38.2 Å². The summed E-state index contributed by atoms with van der Waals surface area (Å²) in [5.41, 5.74) is -0.665. The van der Waals surface area contributed by atoms with Gasteiger partial charge in [0.15, 0.2) is 0 Å². The van der Waals surface area contributed by atoms with Crippen molar-refractivity contribution in [3.8, 4) is 0 Å². The van der Waals surface area contributed by atoms with Gasteiger partial charge in [0.2, 0.25) is 0 Å². The molecule has 1 N–H and O–H groups in total. The molecule has 0 aliphatic rings. The van der Waals surface area contributed by atoms with Crippen molar-refractivity contribution in [2.45, 2.75) is 263 Å². The van der Waals surface area contributed by atoms with E-state index >= 15 is 0 Å². The Kier molecular flexibility index (Phi) is 39.5. The van der Waals surface area contributed by atoms with E-state index in [1.165, 1.54) is 192 Å². The van der Waals surface area contributed by atoms with Gasteiger partial charge >= 0.3 is 11.9 Å². The number of carbonyl (C=O) groups excluding carboxylic acids is 2. The Morgan fingerprint density at radius 3 is 1.03 bits per heavy atom. The van der Waals surface area contributed by atoms with E-state index < -0.39 is 32.5 Å². The third-order valence-corrected chi connectivity index (χ3v) is 12.9. The molecule has 8 heteroatoms. The smallest absolute Gasteiger partial charge is 0.340 e. The van der Waals surface area contributed by atoms with Gasteiger partial charge in [-0.3, -0.25) is 4.55 Å². The molecule has 1 rings (SSSR count). The van der Waals surface area contributed by atoms with Crippen molar-refractivity contribution in [3.05, 3.63) is 53.6 Å². The molecule has 0 aromatic heterocycles. The molecule has 0 saturated carbocycles. The van der Waals surface area contributed by atoms with Crippen LogP contribution in [-0.4, -0.2) is 38.1 Å². The fraction of sp³-hybridized carbons (Fsp3) is 0.778. The van der Waals surface area contributed by atoms with Gasteiger partial charge in [0.1, 0.15) is 4.90 Å². The first kappa shape index (κ1) is 57.6. The van der Waals surface area contributed by atoms with Gasteiger partial charge in [-0.15, -0.1) is 0 Å². The van der Waals surface area contributed by atoms with Crippen molar-refractivity contribution in [3.63, 3.8) is 0 Å². The summed E-state index contributed by atoms with van der Waals surface area (Å²) in [4.78, 5) is 25.5. The molecule has 0 atom stereocenters. The Bertz CT molecular complexity index is 1370. The lowest BCUT2D eigenvalue weighted by atomic mass is 10.0. The van der Waals surface area contributed by atoms with Crippen LogP contribution in [-0.2, 0) is 19.6 Å². The van der Waals surface area contributed by atoms with Crippen LogP contribution in [0.1, 0.15) is 279 Å². The topological polar surface area (TPSA) is 107 Å². The summed E-state index contributed by atoms with van der Waals surface area (Å²) in [6, 6.07) is 3.78. The zero-order valence-electron chi connectivity index (χ0n) is 40.1. The molecule has 358 valence electrons. The second-order valence-corrected chi connectivity index (χ2v) is 19.2. The molecule has 0 aliphatic carbocycles. The van der Waals surface area contributed by atoms with Gasteiger partial charge in [0.05, 0.1) is 24.3 Å². The highest BCUT2D eigenvalue weighted by molar-refractivity contribution is 7.86. The minimum atomic E-state index is -4.77. The number of carbonyl (C=O) groups is 2. The van der Waals surface area contributed by atoms with E-state index in [0.29, 0.717) is 12.8 Å². The van der Waals surface area contributed by atoms with E-state index in [0.717, 1.165) is 57.4 Å². The molecule has 62 heavy (non-hydrogen) atoms. The van der Waals surface area contributed by atoms with Gasteiger partial charge in [0, 0.05) is 0 Å². The average molecular weight is 887 g/mol. The SMILES string of the molecule is CC/C=C/CCCCCCCCCCCCCCCCCCCOC(=O)c1cccc(S(=O)(=O)O)c1C(=O)OCCCCCCCCCCCCCCCCCCC/C=C/CC.